The standard InChI is InChI=1S/C12H15NO2/c1-4-9-5-6-11(14-2)12(15-3)10(9)7-8-13/h5-6H,4,7H2,1-3H3. The van der Waals surface area contributed by atoms with Gasteiger partial charge in [0.05, 0.1) is 26.7 Å². The van der Waals surface area contributed by atoms with Gasteiger partial charge in [-0.2, -0.15) is 5.26 Å². The van der Waals surface area contributed by atoms with E-state index in [9.17, 15) is 0 Å². The molecule has 0 atom stereocenters. The van der Waals surface area contributed by atoms with Gasteiger partial charge in [0.1, 0.15) is 0 Å². The van der Waals surface area contributed by atoms with Crippen molar-refractivity contribution < 1.29 is 9.47 Å². The Morgan fingerprint density at radius 1 is 1.27 bits per heavy atom. The Bertz CT molecular complexity index is 380. The normalized spacial score (nSPS) is 9.47. The maximum atomic E-state index is 8.78. The van der Waals surface area contributed by atoms with Crippen LogP contribution < -0.4 is 9.47 Å². The van der Waals surface area contributed by atoms with Crippen LogP contribution in [0.2, 0.25) is 0 Å². The first-order valence-electron chi connectivity index (χ1n) is 4.88. The SMILES string of the molecule is CCc1ccc(OC)c(OC)c1CC#N. The van der Waals surface area contributed by atoms with Crippen LogP contribution in [0.5, 0.6) is 11.5 Å². The number of benzene rings is 1. The third-order valence-electron chi connectivity index (χ3n) is 2.38. The predicted molar refractivity (Wildman–Crippen MR) is 58.2 cm³/mol. The first-order valence-corrected chi connectivity index (χ1v) is 4.88. The van der Waals surface area contributed by atoms with E-state index in [0.717, 1.165) is 17.5 Å². The lowest BCUT2D eigenvalue weighted by Gasteiger charge is -2.14. The molecule has 0 spiro atoms. The van der Waals surface area contributed by atoms with Crippen LogP contribution in [-0.2, 0) is 12.8 Å². The minimum atomic E-state index is 0.351. The molecular formula is C12H15NO2. The molecule has 0 aliphatic carbocycles. The van der Waals surface area contributed by atoms with Gasteiger partial charge in [-0.15, -0.1) is 0 Å². The number of hydrogen-bond acceptors (Lipinski definition) is 3. The van der Waals surface area contributed by atoms with E-state index in [-0.39, 0.29) is 0 Å². The molecule has 3 nitrogen and oxygen atoms in total. The van der Waals surface area contributed by atoms with Crippen molar-refractivity contribution in [2.45, 2.75) is 19.8 Å². The molecule has 1 rings (SSSR count). The van der Waals surface area contributed by atoms with Gasteiger partial charge in [0.25, 0.3) is 0 Å². The Morgan fingerprint density at radius 3 is 2.47 bits per heavy atom. The summed E-state index contributed by atoms with van der Waals surface area (Å²) in [5, 5.41) is 8.78. The van der Waals surface area contributed by atoms with Crippen LogP contribution >= 0.6 is 0 Å². The lowest BCUT2D eigenvalue weighted by molar-refractivity contribution is 0.352. The zero-order chi connectivity index (χ0) is 11.3. The molecule has 0 saturated heterocycles. The van der Waals surface area contributed by atoms with Crippen molar-refractivity contribution in [2.75, 3.05) is 14.2 Å². The lowest BCUT2D eigenvalue weighted by atomic mass is 10.0. The van der Waals surface area contributed by atoms with Crippen molar-refractivity contribution in [1.82, 2.24) is 0 Å². The average molecular weight is 205 g/mol. The van der Waals surface area contributed by atoms with Crippen LogP contribution in [-0.4, -0.2) is 14.2 Å². The monoisotopic (exact) mass is 205 g/mol. The number of rotatable bonds is 4. The van der Waals surface area contributed by atoms with Gasteiger partial charge in [0, 0.05) is 5.56 Å². The van der Waals surface area contributed by atoms with Crippen LogP contribution in [0.25, 0.3) is 0 Å². The summed E-state index contributed by atoms with van der Waals surface area (Å²) in [6.07, 6.45) is 1.24. The first kappa shape index (κ1) is 11.4. The molecule has 0 aliphatic rings. The van der Waals surface area contributed by atoms with Gasteiger partial charge in [-0.25, -0.2) is 0 Å². The van der Waals surface area contributed by atoms with E-state index in [2.05, 4.69) is 13.0 Å². The first-order chi connectivity index (χ1) is 7.28. The molecule has 0 amide bonds. The Balaban J connectivity index is 3.31. The molecule has 0 N–H and O–H groups in total. The fraction of sp³-hybridized carbons (Fsp3) is 0.417. The fourth-order valence-electron chi connectivity index (χ4n) is 1.64. The molecule has 0 radical (unpaired) electrons. The number of nitriles is 1. The Kier molecular flexibility index (Phi) is 3.99. The largest absolute Gasteiger partial charge is 0.493 e. The van der Waals surface area contributed by atoms with Gasteiger partial charge >= 0.3 is 0 Å². The molecule has 80 valence electrons. The van der Waals surface area contributed by atoms with E-state index in [4.69, 9.17) is 14.7 Å². The van der Waals surface area contributed by atoms with Gasteiger partial charge < -0.3 is 9.47 Å². The molecule has 0 heterocycles. The van der Waals surface area contributed by atoms with E-state index in [0.29, 0.717) is 17.9 Å². The van der Waals surface area contributed by atoms with Gasteiger partial charge in [0.15, 0.2) is 11.5 Å². The van der Waals surface area contributed by atoms with Gasteiger partial charge in [-0.1, -0.05) is 13.0 Å². The van der Waals surface area contributed by atoms with Crippen LogP contribution in [0.15, 0.2) is 12.1 Å². The Hall–Kier alpha value is -1.69. The molecule has 0 fully saturated rings. The third kappa shape index (κ3) is 2.21. The Labute approximate surface area is 90.2 Å². The van der Waals surface area contributed by atoms with E-state index in [1.807, 2.05) is 12.1 Å². The van der Waals surface area contributed by atoms with Crippen LogP contribution in [0.3, 0.4) is 0 Å². The second-order valence-corrected chi connectivity index (χ2v) is 3.13. The van der Waals surface area contributed by atoms with Crippen molar-refractivity contribution in [1.29, 1.82) is 5.26 Å². The number of ether oxygens (including phenoxy) is 2. The quantitative estimate of drug-likeness (QED) is 0.757. The highest BCUT2D eigenvalue weighted by atomic mass is 16.5. The summed E-state index contributed by atoms with van der Waals surface area (Å²) < 4.78 is 10.5. The minimum Gasteiger partial charge on any atom is -0.493 e. The summed E-state index contributed by atoms with van der Waals surface area (Å²) in [7, 11) is 3.19. The van der Waals surface area contributed by atoms with Crippen molar-refractivity contribution in [3.8, 4) is 17.6 Å². The summed E-state index contributed by atoms with van der Waals surface area (Å²) in [6.45, 7) is 2.06. The molecule has 0 aliphatic heterocycles. The molecule has 0 unspecified atom stereocenters. The van der Waals surface area contributed by atoms with Gasteiger partial charge in [-0.05, 0) is 18.1 Å². The highest BCUT2D eigenvalue weighted by molar-refractivity contribution is 5.51. The molecule has 0 bridgehead atoms. The van der Waals surface area contributed by atoms with Crippen molar-refractivity contribution in [3.05, 3.63) is 23.3 Å². The molecule has 15 heavy (non-hydrogen) atoms. The van der Waals surface area contributed by atoms with Crippen molar-refractivity contribution in [3.63, 3.8) is 0 Å². The summed E-state index contributed by atoms with van der Waals surface area (Å²) >= 11 is 0. The molecule has 0 saturated carbocycles. The fourth-order valence-corrected chi connectivity index (χ4v) is 1.64. The van der Waals surface area contributed by atoms with Gasteiger partial charge in [-0.3, -0.25) is 0 Å². The Morgan fingerprint density at radius 2 is 2.00 bits per heavy atom. The zero-order valence-electron chi connectivity index (χ0n) is 9.33. The molecule has 0 aromatic heterocycles. The summed E-state index contributed by atoms with van der Waals surface area (Å²) in [5.41, 5.74) is 2.07. The second-order valence-electron chi connectivity index (χ2n) is 3.13. The van der Waals surface area contributed by atoms with E-state index >= 15 is 0 Å². The maximum Gasteiger partial charge on any atom is 0.165 e. The third-order valence-corrected chi connectivity index (χ3v) is 2.38. The second kappa shape index (κ2) is 5.26. The smallest absolute Gasteiger partial charge is 0.165 e. The van der Waals surface area contributed by atoms with E-state index in [1.165, 1.54) is 0 Å². The number of hydrogen-bond donors (Lipinski definition) is 0. The topological polar surface area (TPSA) is 42.2 Å². The highest BCUT2D eigenvalue weighted by Gasteiger charge is 2.13. The van der Waals surface area contributed by atoms with Crippen molar-refractivity contribution >= 4 is 0 Å². The zero-order valence-corrected chi connectivity index (χ0v) is 9.33. The summed E-state index contributed by atoms with van der Waals surface area (Å²) in [6, 6.07) is 6.00. The van der Waals surface area contributed by atoms with E-state index in [1.54, 1.807) is 14.2 Å². The number of aryl methyl sites for hydroxylation is 1. The minimum absolute atomic E-state index is 0.351. The summed E-state index contributed by atoms with van der Waals surface area (Å²) in [4.78, 5) is 0. The molecular weight excluding hydrogens is 190 g/mol. The maximum absolute atomic E-state index is 8.78. The highest BCUT2D eigenvalue weighted by Crippen LogP contribution is 2.33. The average Bonchev–Trinajstić information content (AvgIpc) is 2.28. The van der Waals surface area contributed by atoms with Crippen LogP contribution in [0.4, 0.5) is 0 Å². The van der Waals surface area contributed by atoms with E-state index < -0.39 is 0 Å². The predicted octanol–water partition coefficient (Wildman–Crippen LogP) is 2.33. The number of methoxy groups -OCH3 is 2. The number of nitrogens with zero attached hydrogens (tertiary/aromatic N) is 1. The van der Waals surface area contributed by atoms with Crippen LogP contribution in [0, 0.1) is 11.3 Å². The van der Waals surface area contributed by atoms with Crippen LogP contribution in [0.1, 0.15) is 18.1 Å². The molecule has 1 aromatic carbocycles. The van der Waals surface area contributed by atoms with Crippen molar-refractivity contribution in [2.24, 2.45) is 0 Å². The molecule has 3 heteroatoms. The summed E-state index contributed by atoms with van der Waals surface area (Å²) in [5.74, 6) is 1.36. The molecule has 1 aromatic rings. The lowest BCUT2D eigenvalue weighted by Crippen LogP contribution is -1.99. The van der Waals surface area contributed by atoms with Gasteiger partial charge in [0.2, 0.25) is 0 Å².